The molecule has 10 aliphatic rings. The molecule has 0 spiro atoms. The van der Waals surface area contributed by atoms with E-state index in [1.54, 1.807) is 0 Å². The molecular weight excluding hydrogens is 1070 g/mol. The van der Waals surface area contributed by atoms with Gasteiger partial charge in [0.25, 0.3) is 0 Å². The normalized spacial score (nSPS) is 54.4. The molecule has 25 nitrogen and oxygen atoms in total. The van der Waals surface area contributed by atoms with Crippen molar-refractivity contribution in [3.63, 3.8) is 0 Å². The Morgan fingerprint density at radius 2 is 1.07 bits per heavy atom. The van der Waals surface area contributed by atoms with Crippen molar-refractivity contribution >= 4 is 5.97 Å². The van der Waals surface area contributed by atoms with Crippen molar-refractivity contribution in [1.29, 1.82) is 0 Å². The molecule has 30 atom stereocenters. The molecule has 9 fully saturated rings. The first-order valence-corrected chi connectivity index (χ1v) is 29.1. The zero-order valence-electron chi connectivity index (χ0n) is 47.2. The smallest absolute Gasteiger partial charge is 0.312 e. The van der Waals surface area contributed by atoms with E-state index >= 15 is 0 Å². The molecule has 81 heavy (non-hydrogen) atoms. The number of aliphatic hydroxyl groups excluding tert-OH is 13. The van der Waals surface area contributed by atoms with Gasteiger partial charge in [0, 0.05) is 0 Å². The largest absolute Gasteiger partial charge is 0.481 e. The van der Waals surface area contributed by atoms with Crippen LogP contribution in [0.15, 0.2) is 11.6 Å². The maximum absolute atomic E-state index is 13.3. The summed E-state index contributed by atoms with van der Waals surface area (Å²) in [6, 6.07) is 0. The lowest BCUT2D eigenvalue weighted by Gasteiger charge is -2.71. The lowest BCUT2D eigenvalue weighted by atomic mass is 9.33. The minimum absolute atomic E-state index is 0.0404. The average Bonchev–Trinajstić information content (AvgIpc) is 3.42. The molecule has 5 aliphatic heterocycles. The fraction of sp³-hybridized carbons (Fsp3) is 0.946. The van der Waals surface area contributed by atoms with Gasteiger partial charge in [-0.25, -0.2) is 0 Å². The van der Waals surface area contributed by atoms with Gasteiger partial charge in [-0.3, -0.25) is 4.79 Å². The molecule has 0 radical (unpaired) electrons. The van der Waals surface area contributed by atoms with E-state index in [1.807, 2.05) is 0 Å². The highest BCUT2D eigenvalue weighted by Crippen LogP contribution is 2.76. The van der Waals surface area contributed by atoms with Gasteiger partial charge in [0.15, 0.2) is 31.5 Å². The number of carboxylic acid groups (broad SMARTS) is 1. The van der Waals surface area contributed by atoms with Gasteiger partial charge in [0.05, 0.1) is 45.2 Å². The summed E-state index contributed by atoms with van der Waals surface area (Å²) in [6.45, 7) is 13.0. The van der Waals surface area contributed by atoms with Crippen LogP contribution in [0.4, 0.5) is 0 Å². The quantitative estimate of drug-likeness (QED) is 0.0734. The van der Waals surface area contributed by atoms with Gasteiger partial charge in [-0.05, 0) is 103 Å². The molecule has 5 heterocycles. The fourth-order valence-electron chi connectivity index (χ4n) is 17.0. The third-order valence-corrected chi connectivity index (χ3v) is 22.1. The lowest BCUT2D eigenvalue weighted by molar-refractivity contribution is -0.392. The number of fused-ring (bicyclic) bond motifs is 7. The minimum Gasteiger partial charge on any atom is -0.481 e. The van der Waals surface area contributed by atoms with Crippen LogP contribution in [0.1, 0.15) is 106 Å². The molecule has 5 aliphatic carbocycles. The van der Waals surface area contributed by atoms with E-state index in [0.717, 1.165) is 19.3 Å². The van der Waals surface area contributed by atoms with Crippen molar-refractivity contribution in [1.82, 2.24) is 0 Å². The van der Waals surface area contributed by atoms with Gasteiger partial charge >= 0.3 is 5.97 Å². The SMILES string of the molecule is CC1(C)CC[C@]2(C(=O)O)[C@@H](O)C[C@]3(C)C(=CC[C@@H]4[C@@]5(C)CC[C@H](O[C@@H]6O[C@H](CO)[C@H](O[C@@H]7OC[C@H](O[C@@H]8OC[C@@H](O)[C@H](O)[C@H]8O)[C@H](O)[C@H]7O)[C@H](O)[C@H]6O[C@@H]6OC[C@@H](O[C@@H]7OC[C@H](O)[C@H](O)[C@H]7O)[C@H](O)[C@H]6O)C(C)(C)[C@@H]5CC[C@]43C)[C@@H]2C1. The molecule has 5 saturated heterocycles. The van der Waals surface area contributed by atoms with Crippen LogP contribution < -0.4 is 0 Å². The van der Waals surface area contributed by atoms with Gasteiger partial charge in [-0.1, -0.05) is 60.1 Å². The summed E-state index contributed by atoms with van der Waals surface area (Å²) in [5.41, 5.74) is -1.84. The zero-order valence-corrected chi connectivity index (χ0v) is 47.2. The van der Waals surface area contributed by atoms with Crippen LogP contribution in [0.25, 0.3) is 0 Å². The van der Waals surface area contributed by atoms with Crippen LogP contribution in [0.2, 0.25) is 0 Å². The van der Waals surface area contributed by atoms with E-state index < -0.39 is 197 Å². The molecule has 0 amide bonds. The van der Waals surface area contributed by atoms with Crippen LogP contribution in [-0.4, -0.2) is 252 Å². The number of allylic oxidation sites excluding steroid dienone is 2. The Hall–Kier alpha value is -1.71. The van der Waals surface area contributed by atoms with Crippen molar-refractivity contribution in [2.45, 2.75) is 248 Å². The summed E-state index contributed by atoms with van der Waals surface area (Å²) >= 11 is 0. The highest BCUT2D eigenvalue weighted by molar-refractivity contribution is 5.77. The molecule has 0 aromatic heterocycles. The van der Waals surface area contributed by atoms with E-state index in [4.69, 9.17) is 47.4 Å². The molecule has 25 heteroatoms. The Bertz CT molecular complexity index is 2260. The molecular formula is C56H90O25. The lowest BCUT2D eigenvalue weighted by Crippen LogP contribution is -2.68. The predicted molar refractivity (Wildman–Crippen MR) is 273 cm³/mol. The van der Waals surface area contributed by atoms with Crippen LogP contribution in [-0.2, 0) is 52.2 Å². The number of carbonyl (C=O) groups is 1. The number of carboxylic acids is 1. The number of hydrogen-bond donors (Lipinski definition) is 14. The number of aliphatic hydroxyl groups is 13. The summed E-state index contributed by atoms with van der Waals surface area (Å²) in [4.78, 5) is 13.3. The molecule has 0 aromatic carbocycles. The Morgan fingerprint density at radius 3 is 1.62 bits per heavy atom. The first kappa shape index (κ1) is 62.3. The molecule has 14 N–H and O–H groups in total. The van der Waals surface area contributed by atoms with Crippen molar-refractivity contribution in [2.75, 3.05) is 33.0 Å². The molecule has 10 rings (SSSR count). The molecule has 0 bridgehead atoms. The Labute approximate surface area is 470 Å². The predicted octanol–water partition coefficient (Wildman–Crippen LogP) is -2.12. The van der Waals surface area contributed by atoms with Crippen molar-refractivity contribution < 1.29 is 124 Å². The van der Waals surface area contributed by atoms with Gasteiger partial charge in [0.2, 0.25) is 0 Å². The summed E-state index contributed by atoms with van der Waals surface area (Å²) < 4.78 is 59.7. The summed E-state index contributed by atoms with van der Waals surface area (Å²) in [5, 5.41) is 153. The second-order valence-corrected chi connectivity index (χ2v) is 27.4. The third kappa shape index (κ3) is 10.4. The minimum atomic E-state index is -1.92. The van der Waals surface area contributed by atoms with Crippen LogP contribution in [0, 0.1) is 50.2 Å². The molecule has 464 valence electrons. The summed E-state index contributed by atoms with van der Waals surface area (Å²) in [6.07, 6.45) is -27.9. The highest BCUT2D eigenvalue weighted by Gasteiger charge is 2.72. The van der Waals surface area contributed by atoms with E-state index in [2.05, 4.69) is 54.5 Å². The third-order valence-electron chi connectivity index (χ3n) is 22.1. The maximum atomic E-state index is 13.3. The van der Waals surface area contributed by atoms with E-state index in [0.29, 0.717) is 38.5 Å². The number of rotatable bonds is 12. The Balaban J connectivity index is 0.887. The topological polar surface area (TPSA) is 393 Å². The standard InChI is InChI=1S/C56H90O25/c1-51(2)14-15-56(50(70)71)24(16-51)23-8-9-31-53(5)12-11-33(52(3,4)30(53)10-13-54(31,6)55(23,7)17-32(56)60)79-49-44(81-48-41(68)37(64)29(22-75-48)78-46-39(66)35(62)26(59)20-73-46)42(69)43(27(18-57)76-49)80-47-40(67)36(63)28(21-74-47)77-45-38(65)34(61)25(58)19-72-45/h8,24-49,57-69H,9-22H2,1-7H3,(H,70,71)/t24-,25+,26-,27+,28-,29+,30-,31+,32-,33-,34-,35-,36-,37-,38+,39+,40+,41+,42-,43-,44+,45-,46-,47-,48-,49-,53-,54+,55+,56+/m0/s1. The zero-order chi connectivity index (χ0) is 58.8. The first-order valence-electron chi connectivity index (χ1n) is 29.1. The molecule has 0 aromatic rings. The van der Waals surface area contributed by atoms with Crippen LogP contribution in [0.3, 0.4) is 0 Å². The second-order valence-electron chi connectivity index (χ2n) is 27.4. The van der Waals surface area contributed by atoms with Crippen LogP contribution >= 0.6 is 0 Å². The monoisotopic (exact) mass is 1160 g/mol. The Kier molecular flexibility index (Phi) is 17.5. The second kappa shape index (κ2) is 22.8. The van der Waals surface area contributed by atoms with Gasteiger partial charge in [-0.15, -0.1) is 0 Å². The number of aliphatic carboxylic acids is 1. The number of hydrogen-bond acceptors (Lipinski definition) is 24. The molecule has 0 unspecified atom stereocenters. The van der Waals surface area contributed by atoms with Gasteiger partial charge in [-0.2, -0.15) is 0 Å². The maximum Gasteiger partial charge on any atom is 0.312 e. The van der Waals surface area contributed by atoms with E-state index in [1.165, 1.54) is 5.57 Å². The van der Waals surface area contributed by atoms with Crippen molar-refractivity contribution in [2.24, 2.45) is 50.2 Å². The van der Waals surface area contributed by atoms with Crippen LogP contribution in [0.5, 0.6) is 0 Å². The average molecular weight is 1160 g/mol. The Morgan fingerprint density at radius 1 is 0.556 bits per heavy atom. The summed E-state index contributed by atoms with van der Waals surface area (Å²) in [5.74, 6) is -1.05. The van der Waals surface area contributed by atoms with E-state index in [9.17, 15) is 76.3 Å². The fourth-order valence-corrected chi connectivity index (χ4v) is 17.0. The van der Waals surface area contributed by atoms with E-state index in [-0.39, 0.29) is 34.0 Å². The van der Waals surface area contributed by atoms with Crippen molar-refractivity contribution in [3.8, 4) is 0 Å². The summed E-state index contributed by atoms with van der Waals surface area (Å²) in [7, 11) is 0. The van der Waals surface area contributed by atoms with Crippen molar-refractivity contribution in [3.05, 3.63) is 11.6 Å². The number of ether oxygens (including phenoxy) is 10. The van der Waals surface area contributed by atoms with Gasteiger partial charge in [0.1, 0.15) is 103 Å². The molecule has 4 saturated carbocycles. The highest BCUT2D eigenvalue weighted by atomic mass is 16.8. The van der Waals surface area contributed by atoms with Gasteiger partial charge < -0.3 is 119 Å². The first-order chi connectivity index (χ1) is 37.9.